The lowest BCUT2D eigenvalue weighted by atomic mass is 10.0. The van der Waals surface area contributed by atoms with E-state index in [2.05, 4.69) is 0 Å². The summed E-state index contributed by atoms with van der Waals surface area (Å²) in [6, 6.07) is 4.08. The van der Waals surface area contributed by atoms with Gasteiger partial charge < -0.3 is 10.0 Å². The van der Waals surface area contributed by atoms with Crippen LogP contribution in [0.2, 0.25) is 5.02 Å². The van der Waals surface area contributed by atoms with Gasteiger partial charge in [0.15, 0.2) is 0 Å². The summed E-state index contributed by atoms with van der Waals surface area (Å²) in [7, 11) is 3.40. The largest absolute Gasteiger partial charge is 0.481 e. The molecule has 0 aromatic heterocycles. The van der Waals surface area contributed by atoms with E-state index in [1.807, 2.05) is 0 Å². The predicted octanol–water partition coefficient (Wildman–Crippen LogP) is 2.56. The van der Waals surface area contributed by atoms with E-state index in [0.29, 0.717) is 5.56 Å². The molecule has 0 spiro atoms. The Morgan fingerprint density at radius 2 is 2.19 bits per heavy atom. The summed E-state index contributed by atoms with van der Waals surface area (Å²) in [5, 5.41) is 8.78. The van der Waals surface area contributed by atoms with E-state index >= 15 is 0 Å². The van der Waals surface area contributed by atoms with E-state index in [1.54, 1.807) is 31.1 Å². The highest BCUT2D eigenvalue weighted by molar-refractivity contribution is 6.30. The van der Waals surface area contributed by atoms with Crippen LogP contribution < -0.4 is 0 Å². The second-order valence-electron chi connectivity index (χ2n) is 3.72. The smallest absolute Gasteiger partial charge is 0.305 e. The summed E-state index contributed by atoms with van der Waals surface area (Å²) < 4.78 is 13.7. The molecular formula is C11H13ClFNO2. The molecular weight excluding hydrogens is 233 g/mol. The number of halogens is 2. The lowest BCUT2D eigenvalue weighted by molar-refractivity contribution is -0.138. The van der Waals surface area contributed by atoms with Gasteiger partial charge >= 0.3 is 5.97 Å². The van der Waals surface area contributed by atoms with Crippen molar-refractivity contribution in [2.75, 3.05) is 14.1 Å². The molecule has 0 bridgehead atoms. The standard InChI is InChI=1S/C11H13ClFNO2/c1-14(2)9(6-10(15)16)7-4-3-5-8(12)11(7)13/h3-5,9H,6H2,1-2H3,(H,15,16). The number of carboxylic acid groups (broad SMARTS) is 1. The summed E-state index contributed by atoms with van der Waals surface area (Å²) in [5.41, 5.74) is 0.305. The maximum Gasteiger partial charge on any atom is 0.305 e. The van der Waals surface area contributed by atoms with Gasteiger partial charge in [0, 0.05) is 11.6 Å². The first-order valence-corrected chi connectivity index (χ1v) is 5.13. The van der Waals surface area contributed by atoms with Crippen molar-refractivity contribution in [2.45, 2.75) is 12.5 Å². The van der Waals surface area contributed by atoms with Gasteiger partial charge in [0.2, 0.25) is 0 Å². The molecule has 0 amide bonds. The maximum atomic E-state index is 13.7. The highest BCUT2D eigenvalue weighted by Gasteiger charge is 2.22. The van der Waals surface area contributed by atoms with Crippen LogP contribution in [0.5, 0.6) is 0 Å². The number of aliphatic carboxylic acids is 1. The van der Waals surface area contributed by atoms with E-state index in [4.69, 9.17) is 16.7 Å². The van der Waals surface area contributed by atoms with Crippen LogP contribution >= 0.6 is 11.6 Å². The van der Waals surface area contributed by atoms with E-state index in [-0.39, 0.29) is 11.4 Å². The second-order valence-corrected chi connectivity index (χ2v) is 4.13. The number of hydrogen-bond acceptors (Lipinski definition) is 2. The molecule has 1 rings (SSSR count). The molecule has 0 aliphatic heterocycles. The Kier molecular flexibility index (Phi) is 4.26. The quantitative estimate of drug-likeness (QED) is 0.886. The van der Waals surface area contributed by atoms with Gasteiger partial charge in [0.25, 0.3) is 0 Å². The first-order valence-electron chi connectivity index (χ1n) is 4.75. The third-order valence-electron chi connectivity index (χ3n) is 2.33. The van der Waals surface area contributed by atoms with Crippen molar-refractivity contribution in [3.8, 4) is 0 Å². The Morgan fingerprint density at radius 3 is 2.69 bits per heavy atom. The monoisotopic (exact) mass is 245 g/mol. The second kappa shape index (κ2) is 5.27. The van der Waals surface area contributed by atoms with Crippen LogP contribution in [0, 0.1) is 5.82 Å². The molecule has 3 nitrogen and oxygen atoms in total. The third-order valence-corrected chi connectivity index (χ3v) is 2.62. The lowest BCUT2D eigenvalue weighted by Gasteiger charge is -2.23. The van der Waals surface area contributed by atoms with E-state index in [0.717, 1.165) is 0 Å². The van der Waals surface area contributed by atoms with Crippen molar-refractivity contribution < 1.29 is 14.3 Å². The summed E-state index contributed by atoms with van der Waals surface area (Å²) in [6.07, 6.45) is -0.162. The molecule has 0 heterocycles. The molecule has 0 aliphatic rings. The van der Waals surface area contributed by atoms with Crippen LogP contribution in [-0.2, 0) is 4.79 Å². The van der Waals surface area contributed by atoms with Crippen molar-refractivity contribution in [3.63, 3.8) is 0 Å². The van der Waals surface area contributed by atoms with Gasteiger partial charge in [-0.3, -0.25) is 4.79 Å². The number of carboxylic acids is 1. The molecule has 88 valence electrons. The molecule has 0 saturated heterocycles. The van der Waals surface area contributed by atoms with Crippen LogP contribution in [0.1, 0.15) is 18.0 Å². The predicted molar refractivity (Wildman–Crippen MR) is 60.1 cm³/mol. The molecule has 0 saturated carbocycles. The van der Waals surface area contributed by atoms with Crippen LogP contribution in [0.4, 0.5) is 4.39 Å². The zero-order valence-corrected chi connectivity index (χ0v) is 9.83. The topological polar surface area (TPSA) is 40.5 Å². The molecule has 0 radical (unpaired) electrons. The molecule has 0 fully saturated rings. The highest BCUT2D eigenvalue weighted by Crippen LogP contribution is 2.28. The Labute approximate surface area is 98.4 Å². The molecule has 5 heteroatoms. The van der Waals surface area contributed by atoms with Crippen LogP contribution in [-0.4, -0.2) is 30.1 Å². The minimum Gasteiger partial charge on any atom is -0.481 e. The average Bonchev–Trinajstić information content (AvgIpc) is 2.18. The average molecular weight is 246 g/mol. The van der Waals surface area contributed by atoms with Gasteiger partial charge in [-0.1, -0.05) is 23.7 Å². The SMILES string of the molecule is CN(C)C(CC(=O)O)c1cccc(Cl)c1F. The van der Waals surface area contributed by atoms with E-state index in [1.165, 1.54) is 6.07 Å². The summed E-state index contributed by atoms with van der Waals surface area (Å²) in [5.74, 6) is -1.53. The highest BCUT2D eigenvalue weighted by atomic mass is 35.5. The fourth-order valence-electron chi connectivity index (χ4n) is 1.51. The van der Waals surface area contributed by atoms with Gasteiger partial charge in [0.05, 0.1) is 11.4 Å². The zero-order chi connectivity index (χ0) is 12.3. The number of nitrogens with zero attached hydrogens (tertiary/aromatic N) is 1. The zero-order valence-electron chi connectivity index (χ0n) is 9.08. The molecule has 1 atom stereocenters. The third kappa shape index (κ3) is 2.93. The number of hydrogen-bond donors (Lipinski definition) is 1. The first-order chi connectivity index (χ1) is 7.43. The van der Waals surface area contributed by atoms with Crippen LogP contribution in [0.15, 0.2) is 18.2 Å². The van der Waals surface area contributed by atoms with Crippen LogP contribution in [0.3, 0.4) is 0 Å². The number of carbonyl (C=O) groups is 1. The fourth-order valence-corrected chi connectivity index (χ4v) is 1.70. The van der Waals surface area contributed by atoms with Gasteiger partial charge in [0.1, 0.15) is 5.82 Å². The Hall–Kier alpha value is -1.13. The lowest BCUT2D eigenvalue weighted by Crippen LogP contribution is -2.23. The molecule has 1 aromatic rings. The molecule has 1 unspecified atom stereocenters. The number of benzene rings is 1. The van der Waals surface area contributed by atoms with Crippen molar-refractivity contribution in [3.05, 3.63) is 34.6 Å². The minimum absolute atomic E-state index is 0.00902. The Bertz CT molecular complexity index is 396. The summed E-state index contributed by atoms with van der Waals surface area (Å²) in [6.45, 7) is 0. The first kappa shape index (κ1) is 12.9. The summed E-state index contributed by atoms with van der Waals surface area (Å²) >= 11 is 5.66. The van der Waals surface area contributed by atoms with Gasteiger partial charge in [-0.15, -0.1) is 0 Å². The number of rotatable bonds is 4. The van der Waals surface area contributed by atoms with E-state index < -0.39 is 17.8 Å². The van der Waals surface area contributed by atoms with Crippen molar-refractivity contribution in [2.24, 2.45) is 0 Å². The fraction of sp³-hybridized carbons (Fsp3) is 0.364. The molecule has 1 aromatic carbocycles. The Morgan fingerprint density at radius 1 is 1.56 bits per heavy atom. The van der Waals surface area contributed by atoms with Crippen molar-refractivity contribution in [1.29, 1.82) is 0 Å². The minimum atomic E-state index is -0.974. The van der Waals surface area contributed by atoms with Crippen molar-refractivity contribution in [1.82, 2.24) is 4.90 Å². The van der Waals surface area contributed by atoms with Crippen molar-refractivity contribution >= 4 is 17.6 Å². The van der Waals surface area contributed by atoms with Crippen LogP contribution in [0.25, 0.3) is 0 Å². The molecule has 16 heavy (non-hydrogen) atoms. The Balaban J connectivity index is 3.10. The normalized spacial score (nSPS) is 12.8. The molecule has 0 aliphatic carbocycles. The van der Waals surface area contributed by atoms with E-state index in [9.17, 15) is 9.18 Å². The van der Waals surface area contributed by atoms with Gasteiger partial charge in [-0.05, 0) is 20.2 Å². The molecule has 1 N–H and O–H groups in total. The van der Waals surface area contributed by atoms with Gasteiger partial charge in [-0.2, -0.15) is 0 Å². The van der Waals surface area contributed by atoms with Gasteiger partial charge in [-0.25, -0.2) is 4.39 Å². The summed E-state index contributed by atoms with van der Waals surface area (Å²) in [4.78, 5) is 12.4. The maximum absolute atomic E-state index is 13.7.